The third-order valence-electron chi connectivity index (χ3n) is 5.48. The lowest BCUT2D eigenvalue weighted by Gasteiger charge is -2.30. The lowest BCUT2D eigenvalue weighted by Crippen LogP contribution is -2.50. The fourth-order valence-corrected chi connectivity index (χ4v) is 3.69. The van der Waals surface area contributed by atoms with E-state index >= 15 is 0 Å². The average Bonchev–Trinajstić information content (AvgIpc) is 3.25. The minimum absolute atomic E-state index is 0.132. The molecule has 1 heterocycles. The highest BCUT2D eigenvalue weighted by Crippen LogP contribution is 2.20. The largest absolute Gasteiger partial charge is 0.499 e. The molecular formula is C23H42N2O8. The number of hydrogen-bond acceptors (Lipinski definition) is 8. The molecule has 0 saturated carbocycles. The summed E-state index contributed by atoms with van der Waals surface area (Å²) in [6.07, 6.45) is 5.10. The van der Waals surface area contributed by atoms with E-state index in [0.717, 1.165) is 25.8 Å². The summed E-state index contributed by atoms with van der Waals surface area (Å²) < 4.78 is 16.8. The molecule has 0 aromatic heterocycles. The van der Waals surface area contributed by atoms with Gasteiger partial charge in [0.05, 0.1) is 31.6 Å². The fourth-order valence-electron chi connectivity index (χ4n) is 3.69. The van der Waals surface area contributed by atoms with Crippen molar-refractivity contribution in [3.05, 3.63) is 12.3 Å². The molecule has 1 fully saturated rings. The number of aliphatic hydroxyl groups is 3. The second-order valence-corrected chi connectivity index (χ2v) is 8.32. The molecule has 1 aliphatic rings. The first-order valence-corrected chi connectivity index (χ1v) is 11.8. The lowest BCUT2D eigenvalue weighted by atomic mass is 10.1. The molecule has 2 amide bonds. The molecule has 0 aliphatic carbocycles. The van der Waals surface area contributed by atoms with Gasteiger partial charge < -0.3 is 39.7 Å². The number of allylic oxidation sites excluding steroid dienone is 1. The van der Waals surface area contributed by atoms with Crippen LogP contribution in [0.15, 0.2) is 12.3 Å². The Kier molecular flexibility index (Phi) is 14.9. The van der Waals surface area contributed by atoms with E-state index in [4.69, 9.17) is 14.2 Å². The van der Waals surface area contributed by atoms with E-state index in [0.29, 0.717) is 25.9 Å². The van der Waals surface area contributed by atoms with E-state index in [1.54, 1.807) is 6.26 Å². The Morgan fingerprint density at radius 3 is 2.58 bits per heavy atom. The number of hydrogen-bond donors (Lipinski definition) is 4. The first-order chi connectivity index (χ1) is 15.8. The van der Waals surface area contributed by atoms with E-state index in [1.807, 2.05) is 17.9 Å². The standard InChI is InChI=1S/C23H42N2O8/c1-4-12-31-16-19-9-8-11-25(19)22(30)10-6-5-7-13-32-23(20(14-26)24-18(3)29)33-21(15-27)17(2)28/h4,12,17,19-21,23,26-28H,5-11,13-16H2,1-3H3,(H,24,29)/t17-,19+,20+,21?,23?/m1/s1. The summed E-state index contributed by atoms with van der Waals surface area (Å²) in [7, 11) is 0. The molecule has 1 saturated heterocycles. The van der Waals surface area contributed by atoms with Crippen molar-refractivity contribution in [2.24, 2.45) is 0 Å². The Morgan fingerprint density at radius 2 is 1.97 bits per heavy atom. The van der Waals surface area contributed by atoms with E-state index in [-0.39, 0.29) is 24.5 Å². The molecule has 0 spiro atoms. The molecule has 1 rings (SSSR count). The summed E-state index contributed by atoms with van der Waals surface area (Å²) >= 11 is 0. The second-order valence-electron chi connectivity index (χ2n) is 8.32. The van der Waals surface area contributed by atoms with Crippen LogP contribution >= 0.6 is 0 Å². The zero-order chi connectivity index (χ0) is 24.6. The fraction of sp³-hybridized carbons (Fsp3) is 0.826. The van der Waals surface area contributed by atoms with E-state index < -0.39 is 37.8 Å². The SMILES string of the molecule is CC=COC[C@@H]1CCCN1C(=O)CCCCCOC(OC(CO)[C@@H](C)O)[C@H](CO)NC(C)=O. The first-order valence-electron chi connectivity index (χ1n) is 11.8. The topological polar surface area (TPSA) is 138 Å². The van der Waals surface area contributed by atoms with Crippen LogP contribution in [0.1, 0.15) is 59.3 Å². The minimum Gasteiger partial charge on any atom is -0.499 e. The highest BCUT2D eigenvalue weighted by atomic mass is 16.7. The monoisotopic (exact) mass is 474 g/mol. The highest BCUT2D eigenvalue weighted by Gasteiger charge is 2.29. The van der Waals surface area contributed by atoms with Crippen LogP contribution in [0.2, 0.25) is 0 Å². The lowest BCUT2D eigenvalue weighted by molar-refractivity contribution is -0.214. The third kappa shape index (κ3) is 11.3. The highest BCUT2D eigenvalue weighted by molar-refractivity contribution is 5.76. The number of likely N-dealkylation sites (tertiary alicyclic amines) is 1. The molecule has 0 aromatic carbocycles. The van der Waals surface area contributed by atoms with Gasteiger partial charge in [0.25, 0.3) is 0 Å². The van der Waals surface area contributed by atoms with Crippen molar-refractivity contribution in [3.63, 3.8) is 0 Å². The molecular weight excluding hydrogens is 432 g/mol. The normalized spacial score (nSPS) is 19.9. The number of ether oxygens (including phenoxy) is 3. The van der Waals surface area contributed by atoms with Crippen molar-refractivity contribution in [1.82, 2.24) is 10.2 Å². The molecule has 4 N–H and O–H groups in total. The van der Waals surface area contributed by atoms with Gasteiger partial charge in [-0.15, -0.1) is 0 Å². The zero-order valence-corrected chi connectivity index (χ0v) is 20.1. The summed E-state index contributed by atoms with van der Waals surface area (Å²) in [4.78, 5) is 25.9. The van der Waals surface area contributed by atoms with Gasteiger partial charge in [-0.1, -0.05) is 12.5 Å². The Balaban J connectivity index is 2.42. The van der Waals surface area contributed by atoms with Crippen LogP contribution in [0.3, 0.4) is 0 Å². The number of aliphatic hydroxyl groups excluding tert-OH is 3. The van der Waals surface area contributed by atoms with Crippen molar-refractivity contribution >= 4 is 11.8 Å². The Hall–Kier alpha value is -1.72. The Bertz CT molecular complexity index is 587. The van der Waals surface area contributed by atoms with Crippen molar-refractivity contribution in [2.75, 3.05) is 33.0 Å². The van der Waals surface area contributed by atoms with E-state index in [9.17, 15) is 24.9 Å². The predicted octanol–water partition coefficient (Wildman–Crippen LogP) is 0.686. The summed E-state index contributed by atoms with van der Waals surface area (Å²) in [5, 5.41) is 31.3. The van der Waals surface area contributed by atoms with Crippen LogP contribution in [-0.4, -0.2) is 95.6 Å². The number of carbonyl (C=O) groups excluding carboxylic acids is 2. The van der Waals surface area contributed by atoms with E-state index in [2.05, 4.69) is 5.32 Å². The number of carbonyl (C=O) groups is 2. The van der Waals surface area contributed by atoms with Crippen LogP contribution in [-0.2, 0) is 23.8 Å². The number of nitrogens with zero attached hydrogens (tertiary/aromatic N) is 1. The molecule has 1 aliphatic heterocycles. The molecule has 0 radical (unpaired) electrons. The maximum atomic E-state index is 12.6. The smallest absolute Gasteiger partial charge is 0.222 e. The van der Waals surface area contributed by atoms with Crippen molar-refractivity contribution in [1.29, 1.82) is 0 Å². The van der Waals surface area contributed by atoms with Gasteiger partial charge in [0.2, 0.25) is 11.8 Å². The van der Waals surface area contributed by atoms with Crippen molar-refractivity contribution < 1.29 is 39.1 Å². The van der Waals surface area contributed by atoms with Gasteiger partial charge in [0.1, 0.15) is 18.8 Å². The van der Waals surface area contributed by atoms with Crippen LogP contribution < -0.4 is 5.32 Å². The molecule has 2 unspecified atom stereocenters. The van der Waals surface area contributed by atoms with Crippen molar-refractivity contribution in [2.45, 2.75) is 89.9 Å². The van der Waals surface area contributed by atoms with Crippen LogP contribution in [0.5, 0.6) is 0 Å². The second kappa shape index (κ2) is 16.8. The maximum Gasteiger partial charge on any atom is 0.222 e. The van der Waals surface area contributed by atoms with Crippen LogP contribution in [0.25, 0.3) is 0 Å². The van der Waals surface area contributed by atoms with Gasteiger partial charge in [-0.25, -0.2) is 0 Å². The first kappa shape index (κ1) is 29.3. The average molecular weight is 475 g/mol. The van der Waals surface area contributed by atoms with Crippen LogP contribution in [0, 0.1) is 0 Å². The summed E-state index contributed by atoms with van der Waals surface area (Å²) in [6.45, 7) is 5.37. The van der Waals surface area contributed by atoms with Gasteiger partial charge in [-0.2, -0.15) is 0 Å². The molecule has 5 atom stereocenters. The Morgan fingerprint density at radius 1 is 1.21 bits per heavy atom. The number of amides is 2. The molecule has 0 aromatic rings. The molecule has 33 heavy (non-hydrogen) atoms. The number of nitrogens with one attached hydrogen (secondary N) is 1. The molecule has 10 nitrogen and oxygen atoms in total. The summed E-state index contributed by atoms with van der Waals surface area (Å²) in [5.41, 5.74) is 0. The number of unbranched alkanes of at least 4 members (excludes halogenated alkanes) is 2. The van der Waals surface area contributed by atoms with Gasteiger partial charge in [0.15, 0.2) is 6.29 Å². The van der Waals surface area contributed by atoms with Crippen LogP contribution in [0.4, 0.5) is 0 Å². The molecule has 10 heteroatoms. The quantitative estimate of drug-likeness (QED) is 0.137. The molecule has 0 bridgehead atoms. The van der Waals surface area contributed by atoms with Crippen molar-refractivity contribution in [3.8, 4) is 0 Å². The van der Waals surface area contributed by atoms with Gasteiger partial charge in [0, 0.05) is 26.5 Å². The zero-order valence-electron chi connectivity index (χ0n) is 20.1. The van der Waals surface area contributed by atoms with E-state index in [1.165, 1.54) is 13.8 Å². The minimum atomic E-state index is -1.03. The molecule has 192 valence electrons. The summed E-state index contributed by atoms with van der Waals surface area (Å²) in [6, 6.07) is -0.707. The van der Waals surface area contributed by atoms with Gasteiger partial charge >= 0.3 is 0 Å². The number of rotatable bonds is 17. The third-order valence-corrected chi connectivity index (χ3v) is 5.48. The summed E-state index contributed by atoms with van der Waals surface area (Å²) in [5.74, 6) is -0.226. The Labute approximate surface area is 196 Å². The maximum absolute atomic E-state index is 12.6. The van der Waals surface area contributed by atoms with Gasteiger partial charge in [-0.3, -0.25) is 9.59 Å². The predicted molar refractivity (Wildman–Crippen MR) is 122 cm³/mol. The van der Waals surface area contributed by atoms with Gasteiger partial charge in [-0.05, 0) is 39.5 Å².